The van der Waals surface area contributed by atoms with Crippen LogP contribution in [0.3, 0.4) is 0 Å². The van der Waals surface area contributed by atoms with Crippen molar-refractivity contribution < 1.29 is 9.47 Å². The van der Waals surface area contributed by atoms with Gasteiger partial charge in [0, 0.05) is 20.2 Å². The van der Waals surface area contributed by atoms with E-state index in [-0.39, 0.29) is 6.10 Å². The first-order valence-electron chi connectivity index (χ1n) is 3.89. The lowest BCUT2D eigenvalue weighted by atomic mass is 10.3. The average Bonchev–Trinajstić information content (AvgIpc) is 2.06. The molecule has 1 N–H and O–H groups in total. The number of ether oxygens (including phenoxy) is 2. The molecule has 11 heavy (non-hydrogen) atoms. The third-order valence-electron chi connectivity index (χ3n) is 1.81. The van der Waals surface area contributed by atoms with Gasteiger partial charge in [-0.2, -0.15) is 0 Å². The molecular formula is C7H16N2O2. The molecule has 1 rings (SSSR count). The van der Waals surface area contributed by atoms with Crippen molar-refractivity contribution in [1.82, 2.24) is 10.4 Å². The van der Waals surface area contributed by atoms with Crippen molar-refractivity contribution in [1.29, 1.82) is 0 Å². The number of rotatable bonds is 3. The highest BCUT2D eigenvalue weighted by molar-refractivity contribution is 4.67. The highest BCUT2D eigenvalue weighted by Crippen LogP contribution is 2.01. The molecule has 1 saturated heterocycles. The largest absolute Gasteiger partial charge is 0.382 e. The van der Waals surface area contributed by atoms with E-state index in [1.54, 1.807) is 7.11 Å². The van der Waals surface area contributed by atoms with Crippen molar-refractivity contribution in [3.8, 4) is 0 Å². The minimum Gasteiger partial charge on any atom is -0.382 e. The van der Waals surface area contributed by atoms with Crippen molar-refractivity contribution in [3.05, 3.63) is 0 Å². The summed E-state index contributed by atoms with van der Waals surface area (Å²) in [5.41, 5.74) is 3.09. The summed E-state index contributed by atoms with van der Waals surface area (Å²) in [5.74, 6) is 0. The standard InChI is InChI=1S/C7H16N2O2/c1-8-9-3-4-11-7(5-9)6-10-2/h7-8H,3-6H2,1-2H3. The zero-order valence-corrected chi connectivity index (χ0v) is 7.17. The molecule has 0 aliphatic carbocycles. The van der Waals surface area contributed by atoms with Crippen molar-refractivity contribution in [2.24, 2.45) is 0 Å². The van der Waals surface area contributed by atoms with Gasteiger partial charge in [-0.15, -0.1) is 0 Å². The normalized spacial score (nSPS) is 27.3. The molecule has 1 aliphatic heterocycles. The number of nitrogens with zero attached hydrogens (tertiary/aromatic N) is 1. The molecule has 66 valence electrons. The van der Waals surface area contributed by atoms with E-state index in [4.69, 9.17) is 9.47 Å². The summed E-state index contributed by atoms with van der Waals surface area (Å²) in [6.07, 6.45) is 0.223. The molecule has 1 unspecified atom stereocenters. The molecule has 0 bridgehead atoms. The number of nitrogens with one attached hydrogen (secondary N) is 1. The van der Waals surface area contributed by atoms with Crippen LogP contribution in [0.15, 0.2) is 0 Å². The fraction of sp³-hybridized carbons (Fsp3) is 1.00. The van der Waals surface area contributed by atoms with E-state index in [2.05, 4.69) is 10.4 Å². The van der Waals surface area contributed by atoms with Crippen LogP contribution in [0.4, 0.5) is 0 Å². The van der Waals surface area contributed by atoms with E-state index in [1.165, 1.54) is 0 Å². The third kappa shape index (κ3) is 2.75. The van der Waals surface area contributed by atoms with Crippen LogP contribution < -0.4 is 5.43 Å². The van der Waals surface area contributed by atoms with Crippen LogP contribution in [0.2, 0.25) is 0 Å². The Bertz CT molecular complexity index is 109. The molecule has 1 aliphatic rings. The maximum Gasteiger partial charge on any atom is 0.0949 e. The average molecular weight is 160 g/mol. The monoisotopic (exact) mass is 160 g/mol. The Morgan fingerprint density at radius 2 is 2.55 bits per heavy atom. The molecule has 1 fully saturated rings. The van der Waals surface area contributed by atoms with E-state index in [0.717, 1.165) is 19.7 Å². The highest BCUT2D eigenvalue weighted by Gasteiger charge is 2.18. The number of methoxy groups -OCH3 is 1. The topological polar surface area (TPSA) is 33.7 Å². The van der Waals surface area contributed by atoms with Gasteiger partial charge in [-0.05, 0) is 7.05 Å². The Morgan fingerprint density at radius 3 is 3.18 bits per heavy atom. The van der Waals surface area contributed by atoms with Crippen molar-refractivity contribution in [3.63, 3.8) is 0 Å². The molecule has 1 heterocycles. The molecule has 0 spiro atoms. The van der Waals surface area contributed by atoms with Crippen LogP contribution in [-0.4, -0.2) is 51.6 Å². The second-order valence-electron chi connectivity index (χ2n) is 2.62. The first kappa shape index (κ1) is 8.93. The summed E-state index contributed by atoms with van der Waals surface area (Å²) in [7, 11) is 3.62. The minimum atomic E-state index is 0.223. The lowest BCUT2D eigenvalue weighted by molar-refractivity contribution is -0.0725. The van der Waals surface area contributed by atoms with Crippen LogP contribution in [-0.2, 0) is 9.47 Å². The van der Waals surface area contributed by atoms with Gasteiger partial charge in [0.15, 0.2) is 0 Å². The molecule has 4 heteroatoms. The quantitative estimate of drug-likeness (QED) is 0.601. The van der Waals surface area contributed by atoms with E-state index < -0.39 is 0 Å². The first-order chi connectivity index (χ1) is 5.36. The molecule has 0 aromatic rings. The van der Waals surface area contributed by atoms with Gasteiger partial charge >= 0.3 is 0 Å². The Hall–Kier alpha value is -0.160. The maximum absolute atomic E-state index is 5.44. The summed E-state index contributed by atoms with van der Waals surface area (Å²) >= 11 is 0. The fourth-order valence-electron chi connectivity index (χ4n) is 1.21. The van der Waals surface area contributed by atoms with Gasteiger partial charge in [0.1, 0.15) is 0 Å². The number of morpholine rings is 1. The fourth-order valence-corrected chi connectivity index (χ4v) is 1.21. The van der Waals surface area contributed by atoms with Gasteiger partial charge in [-0.3, -0.25) is 5.43 Å². The lowest BCUT2D eigenvalue weighted by Crippen LogP contribution is -2.49. The summed E-state index contributed by atoms with van der Waals surface area (Å²) in [4.78, 5) is 0. The van der Waals surface area contributed by atoms with Gasteiger partial charge in [-0.1, -0.05) is 0 Å². The van der Waals surface area contributed by atoms with Crippen LogP contribution in [0.25, 0.3) is 0 Å². The maximum atomic E-state index is 5.44. The third-order valence-corrected chi connectivity index (χ3v) is 1.81. The minimum absolute atomic E-state index is 0.223. The summed E-state index contributed by atoms with van der Waals surface area (Å²) in [5, 5.41) is 2.13. The lowest BCUT2D eigenvalue weighted by Gasteiger charge is -2.31. The summed E-state index contributed by atoms with van der Waals surface area (Å²) < 4.78 is 10.4. The van der Waals surface area contributed by atoms with Crippen molar-refractivity contribution in [2.75, 3.05) is 40.5 Å². The highest BCUT2D eigenvalue weighted by atomic mass is 16.5. The molecule has 0 aromatic carbocycles. The van der Waals surface area contributed by atoms with Gasteiger partial charge in [0.05, 0.1) is 19.3 Å². The van der Waals surface area contributed by atoms with Crippen LogP contribution in [0.1, 0.15) is 0 Å². The zero-order chi connectivity index (χ0) is 8.10. The van der Waals surface area contributed by atoms with E-state index in [0.29, 0.717) is 6.61 Å². The summed E-state index contributed by atoms with van der Waals surface area (Å²) in [6, 6.07) is 0. The van der Waals surface area contributed by atoms with E-state index in [1.807, 2.05) is 7.05 Å². The number of hydrazine groups is 1. The first-order valence-corrected chi connectivity index (χ1v) is 3.89. The predicted molar refractivity (Wildman–Crippen MR) is 42.2 cm³/mol. The number of hydrogen-bond donors (Lipinski definition) is 1. The van der Waals surface area contributed by atoms with Gasteiger partial charge in [0.25, 0.3) is 0 Å². The van der Waals surface area contributed by atoms with Crippen LogP contribution in [0, 0.1) is 0 Å². The van der Waals surface area contributed by atoms with Gasteiger partial charge in [-0.25, -0.2) is 5.01 Å². The molecule has 0 aromatic heterocycles. The zero-order valence-electron chi connectivity index (χ0n) is 7.17. The second-order valence-corrected chi connectivity index (χ2v) is 2.62. The Kier molecular flexibility index (Phi) is 3.79. The SMILES string of the molecule is CNN1CCOC(COC)C1. The van der Waals surface area contributed by atoms with Crippen molar-refractivity contribution in [2.45, 2.75) is 6.10 Å². The summed E-state index contributed by atoms with van der Waals surface area (Å²) in [6.45, 7) is 3.33. The Balaban J connectivity index is 2.21. The molecule has 0 saturated carbocycles. The predicted octanol–water partition coefficient (Wildman–Crippen LogP) is -0.532. The molecular weight excluding hydrogens is 144 g/mol. The molecule has 1 atom stereocenters. The van der Waals surface area contributed by atoms with Gasteiger partial charge < -0.3 is 9.47 Å². The second kappa shape index (κ2) is 4.66. The van der Waals surface area contributed by atoms with Crippen LogP contribution >= 0.6 is 0 Å². The Morgan fingerprint density at radius 1 is 1.73 bits per heavy atom. The van der Waals surface area contributed by atoms with Crippen LogP contribution in [0.5, 0.6) is 0 Å². The van der Waals surface area contributed by atoms with E-state index in [9.17, 15) is 0 Å². The number of hydrogen-bond acceptors (Lipinski definition) is 4. The molecule has 4 nitrogen and oxygen atoms in total. The molecule has 0 radical (unpaired) electrons. The smallest absolute Gasteiger partial charge is 0.0949 e. The van der Waals surface area contributed by atoms with Gasteiger partial charge in [0.2, 0.25) is 0 Å². The Labute approximate surface area is 67.4 Å². The van der Waals surface area contributed by atoms with Crippen molar-refractivity contribution >= 4 is 0 Å². The molecule has 0 amide bonds. The van der Waals surface area contributed by atoms with E-state index >= 15 is 0 Å².